The zero-order valence-electron chi connectivity index (χ0n) is 14.2. The maximum atomic E-state index is 12.0. The number of rotatable bonds is 1. The van der Waals surface area contributed by atoms with Crippen LogP contribution in [0.25, 0.3) is 0 Å². The molecule has 0 aromatic carbocycles. The standard InChI is InChI=1S/C16H29NO3Si/c1-15(2,3)20-14(18)17-11-9-16(19,10-12-17)8-7-13-21(4,5)6/h19H,8-12H2,1-6H3. The van der Waals surface area contributed by atoms with Crippen molar-refractivity contribution in [2.75, 3.05) is 13.1 Å². The maximum Gasteiger partial charge on any atom is 0.410 e. The lowest BCUT2D eigenvalue weighted by molar-refractivity contribution is -0.0289. The predicted octanol–water partition coefficient (Wildman–Crippen LogP) is 3.02. The molecule has 4 nitrogen and oxygen atoms in total. The molecule has 0 aromatic heterocycles. The molecule has 0 radical (unpaired) electrons. The Balaban J connectivity index is 2.50. The third-order valence-electron chi connectivity index (χ3n) is 3.23. The molecule has 0 aliphatic carbocycles. The summed E-state index contributed by atoms with van der Waals surface area (Å²) < 4.78 is 5.35. The number of carbonyl (C=O) groups excluding carboxylic acids is 1. The molecule has 1 amide bonds. The highest BCUT2D eigenvalue weighted by Crippen LogP contribution is 2.26. The Kier molecular flexibility index (Phi) is 5.51. The Morgan fingerprint density at radius 3 is 2.24 bits per heavy atom. The Morgan fingerprint density at radius 1 is 1.29 bits per heavy atom. The van der Waals surface area contributed by atoms with Gasteiger partial charge < -0.3 is 14.7 Å². The van der Waals surface area contributed by atoms with E-state index in [9.17, 15) is 9.90 Å². The summed E-state index contributed by atoms with van der Waals surface area (Å²) in [6.07, 6.45) is 1.33. The second kappa shape index (κ2) is 6.41. The Labute approximate surface area is 129 Å². The first kappa shape index (κ1) is 18.1. The van der Waals surface area contributed by atoms with E-state index in [1.807, 2.05) is 20.8 Å². The summed E-state index contributed by atoms with van der Waals surface area (Å²) in [5.41, 5.74) is 2.05. The van der Waals surface area contributed by atoms with Gasteiger partial charge in [0.15, 0.2) is 0 Å². The Morgan fingerprint density at radius 2 is 1.81 bits per heavy atom. The summed E-state index contributed by atoms with van der Waals surface area (Å²) in [5.74, 6) is 3.14. The van der Waals surface area contributed by atoms with Gasteiger partial charge in [0.1, 0.15) is 13.7 Å². The van der Waals surface area contributed by atoms with Crippen molar-refractivity contribution in [1.29, 1.82) is 0 Å². The molecule has 5 heteroatoms. The molecule has 1 aliphatic heterocycles. The third kappa shape index (κ3) is 7.01. The van der Waals surface area contributed by atoms with Gasteiger partial charge in [0.05, 0.1) is 5.60 Å². The van der Waals surface area contributed by atoms with Crippen LogP contribution in [-0.4, -0.2) is 48.5 Å². The molecule has 1 aliphatic rings. The van der Waals surface area contributed by atoms with Gasteiger partial charge in [-0.15, -0.1) is 11.5 Å². The first-order chi connectivity index (χ1) is 9.40. The summed E-state index contributed by atoms with van der Waals surface area (Å²) in [6, 6.07) is 0. The second-order valence-corrected chi connectivity index (χ2v) is 12.7. The van der Waals surface area contributed by atoms with E-state index < -0.39 is 19.3 Å². The highest BCUT2D eigenvalue weighted by atomic mass is 28.3. The second-order valence-electron chi connectivity index (χ2n) is 7.92. The van der Waals surface area contributed by atoms with Crippen LogP contribution in [0.1, 0.15) is 40.0 Å². The zero-order chi connectivity index (χ0) is 16.3. The summed E-state index contributed by atoms with van der Waals surface area (Å²) in [4.78, 5) is 13.6. The molecule has 0 bridgehead atoms. The van der Waals surface area contributed by atoms with Crippen molar-refractivity contribution in [3.05, 3.63) is 0 Å². The number of nitrogens with zero attached hydrogens (tertiary/aromatic N) is 1. The lowest BCUT2D eigenvalue weighted by Gasteiger charge is -2.37. The number of ether oxygens (including phenoxy) is 1. The normalized spacial score (nSPS) is 18.7. The van der Waals surface area contributed by atoms with Crippen LogP contribution in [0, 0.1) is 11.5 Å². The van der Waals surface area contributed by atoms with Gasteiger partial charge in [-0.3, -0.25) is 0 Å². The number of piperidine rings is 1. The summed E-state index contributed by atoms with van der Waals surface area (Å²) in [5, 5.41) is 10.5. The van der Waals surface area contributed by atoms with E-state index in [1.165, 1.54) is 0 Å². The van der Waals surface area contributed by atoms with Crippen LogP contribution in [0.2, 0.25) is 19.6 Å². The lowest BCUT2D eigenvalue weighted by Crippen LogP contribution is -2.48. The number of hydrogen-bond donors (Lipinski definition) is 1. The molecule has 1 N–H and O–H groups in total. The largest absolute Gasteiger partial charge is 0.444 e. The minimum absolute atomic E-state index is 0.294. The van der Waals surface area contributed by atoms with E-state index in [-0.39, 0.29) is 6.09 Å². The van der Waals surface area contributed by atoms with Gasteiger partial charge in [-0.05, 0) is 33.6 Å². The molecule has 0 unspecified atom stereocenters. The molecule has 1 heterocycles. The fraction of sp³-hybridized carbons (Fsp3) is 0.812. The molecule has 0 atom stereocenters. The Bertz CT molecular complexity index is 429. The SMILES string of the molecule is CC(C)(C)OC(=O)N1CCC(O)(CC#C[Si](C)(C)C)CC1. The van der Waals surface area contributed by atoms with Crippen LogP contribution in [0.15, 0.2) is 0 Å². The molecule has 120 valence electrons. The van der Waals surface area contributed by atoms with E-state index in [0.717, 1.165) is 0 Å². The van der Waals surface area contributed by atoms with Crippen LogP contribution in [0.5, 0.6) is 0 Å². The minimum atomic E-state index is -1.39. The number of likely N-dealkylation sites (tertiary alicyclic amines) is 1. The molecule has 1 rings (SSSR count). The molecule has 21 heavy (non-hydrogen) atoms. The first-order valence-electron chi connectivity index (χ1n) is 7.61. The van der Waals surface area contributed by atoms with E-state index in [0.29, 0.717) is 32.4 Å². The van der Waals surface area contributed by atoms with E-state index in [2.05, 4.69) is 31.1 Å². The topological polar surface area (TPSA) is 49.8 Å². The number of carbonyl (C=O) groups is 1. The van der Waals surface area contributed by atoms with Gasteiger partial charge >= 0.3 is 6.09 Å². The molecule has 1 fully saturated rings. The molecule has 1 saturated heterocycles. The quantitative estimate of drug-likeness (QED) is 0.598. The Hall–Kier alpha value is -0.993. The van der Waals surface area contributed by atoms with Gasteiger partial charge in [0, 0.05) is 19.5 Å². The highest BCUT2D eigenvalue weighted by molar-refractivity contribution is 6.83. The van der Waals surface area contributed by atoms with Crippen molar-refractivity contribution in [2.45, 2.75) is 70.9 Å². The summed E-state index contributed by atoms with van der Waals surface area (Å²) in [7, 11) is -1.39. The van der Waals surface area contributed by atoms with Crippen molar-refractivity contribution in [3.8, 4) is 11.5 Å². The van der Waals surface area contributed by atoms with Crippen molar-refractivity contribution < 1.29 is 14.6 Å². The molecule has 0 aromatic rings. The lowest BCUT2D eigenvalue weighted by atomic mass is 9.89. The average Bonchev–Trinajstić information content (AvgIpc) is 2.25. The van der Waals surface area contributed by atoms with Crippen molar-refractivity contribution in [2.24, 2.45) is 0 Å². The summed E-state index contributed by atoms with van der Waals surface area (Å²) >= 11 is 0. The van der Waals surface area contributed by atoms with E-state index >= 15 is 0 Å². The average molecular weight is 311 g/mol. The number of hydrogen-bond acceptors (Lipinski definition) is 3. The maximum absolute atomic E-state index is 12.0. The van der Waals surface area contributed by atoms with E-state index in [1.54, 1.807) is 4.90 Å². The van der Waals surface area contributed by atoms with Gasteiger partial charge in [-0.2, -0.15) is 0 Å². The van der Waals surface area contributed by atoms with Crippen molar-refractivity contribution in [1.82, 2.24) is 4.90 Å². The first-order valence-corrected chi connectivity index (χ1v) is 11.1. The molecule has 0 spiro atoms. The summed E-state index contributed by atoms with van der Waals surface area (Å²) in [6.45, 7) is 13.2. The highest BCUT2D eigenvalue weighted by Gasteiger charge is 2.34. The third-order valence-corrected chi connectivity index (χ3v) is 4.15. The fourth-order valence-electron chi connectivity index (χ4n) is 2.08. The zero-order valence-corrected chi connectivity index (χ0v) is 15.2. The minimum Gasteiger partial charge on any atom is -0.444 e. The predicted molar refractivity (Wildman–Crippen MR) is 87.7 cm³/mol. The van der Waals surface area contributed by atoms with Gasteiger partial charge in [0.25, 0.3) is 0 Å². The van der Waals surface area contributed by atoms with Crippen LogP contribution >= 0.6 is 0 Å². The monoisotopic (exact) mass is 311 g/mol. The van der Waals surface area contributed by atoms with Crippen LogP contribution in [0.4, 0.5) is 4.79 Å². The van der Waals surface area contributed by atoms with Crippen LogP contribution in [0.3, 0.4) is 0 Å². The van der Waals surface area contributed by atoms with Gasteiger partial charge in [-0.1, -0.05) is 19.6 Å². The molecular formula is C16H29NO3Si. The van der Waals surface area contributed by atoms with Gasteiger partial charge in [-0.25, -0.2) is 4.79 Å². The molecular weight excluding hydrogens is 282 g/mol. The fourth-order valence-corrected chi connectivity index (χ4v) is 2.70. The van der Waals surface area contributed by atoms with Crippen LogP contribution < -0.4 is 0 Å². The van der Waals surface area contributed by atoms with Crippen molar-refractivity contribution >= 4 is 14.2 Å². The number of amides is 1. The van der Waals surface area contributed by atoms with Gasteiger partial charge in [0.2, 0.25) is 0 Å². The van der Waals surface area contributed by atoms with E-state index in [4.69, 9.17) is 4.74 Å². The smallest absolute Gasteiger partial charge is 0.410 e. The molecule has 0 saturated carbocycles. The van der Waals surface area contributed by atoms with Crippen LogP contribution in [-0.2, 0) is 4.74 Å². The van der Waals surface area contributed by atoms with Crippen molar-refractivity contribution in [3.63, 3.8) is 0 Å². The number of aliphatic hydroxyl groups is 1.